The first kappa shape index (κ1) is 14.0. The molecular weight excluding hydrogens is 245 g/mol. The van der Waals surface area contributed by atoms with Crippen LogP contribution in [0.25, 0.3) is 0 Å². The van der Waals surface area contributed by atoms with E-state index in [1.165, 1.54) is 6.07 Å². The summed E-state index contributed by atoms with van der Waals surface area (Å²) in [6.45, 7) is 6.58. The van der Waals surface area contributed by atoms with Crippen molar-refractivity contribution in [2.75, 3.05) is 13.1 Å². The highest BCUT2D eigenvalue weighted by Gasteiger charge is 2.21. The van der Waals surface area contributed by atoms with Crippen molar-refractivity contribution in [2.45, 2.75) is 32.5 Å². The number of nitrogens with two attached hydrogens (primary N) is 1. The third-order valence-corrected chi connectivity index (χ3v) is 3.36. The monoisotopic (exact) mass is 265 g/mol. The van der Waals surface area contributed by atoms with Crippen LogP contribution in [0, 0.1) is 5.82 Å². The Kier molecular flexibility index (Phi) is 4.17. The van der Waals surface area contributed by atoms with Crippen LogP contribution in [0.1, 0.15) is 29.8 Å². The van der Waals surface area contributed by atoms with Crippen molar-refractivity contribution in [2.24, 2.45) is 5.73 Å². The Morgan fingerprint density at radius 2 is 2.05 bits per heavy atom. The lowest BCUT2D eigenvalue weighted by Gasteiger charge is -2.36. The number of hydrogen-bond acceptors (Lipinski definition) is 3. The molecule has 1 aromatic rings. The maximum Gasteiger partial charge on any atom is 0.248 e. The van der Waals surface area contributed by atoms with Crippen molar-refractivity contribution in [1.29, 1.82) is 0 Å². The summed E-state index contributed by atoms with van der Waals surface area (Å²) < 4.78 is 13.9. The number of amides is 1. The summed E-state index contributed by atoms with van der Waals surface area (Å²) in [6.07, 6.45) is 0. The zero-order chi connectivity index (χ0) is 14.0. The highest BCUT2D eigenvalue weighted by atomic mass is 19.1. The summed E-state index contributed by atoms with van der Waals surface area (Å²) in [6, 6.07) is 5.24. The summed E-state index contributed by atoms with van der Waals surface area (Å²) in [7, 11) is 0. The molecule has 1 aromatic carbocycles. The molecule has 1 saturated heterocycles. The Hall–Kier alpha value is -1.46. The number of nitrogens with zero attached hydrogens (tertiary/aromatic N) is 1. The van der Waals surface area contributed by atoms with Crippen LogP contribution in [0.15, 0.2) is 18.2 Å². The zero-order valence-corrected chi connectivity index (χ0v) is 11.3. The number of hydrogen-bond donors (Lipinski definition) is 2. The van der Waals surface area contributed by atoms with Crippen molar-refractivity contribution >= 4 is 5.91 Å². The van der Waals surface area contributed by atoms with Crippen LogP contribution in [0.5, 0.6) is 0 Å². The van der Waals surface area contributed by atoms with E-state index < -0.39 is 5.91 Å². The van der Waals surface area contributed by atoms with Crippen LogP contribution in [-0.2, 0) is 6.54 Å². The molecule has 5 heteroatoms. The number of nitrogens with one attached hydrogen (secondary N) is 1. The molecule has 0 aromatic heterocycles. The molecule has 2 rings (SSSR count). The first-order valence-corrected chi connectivity index (χ1v) is 6.52. The summed E-state index contributed by atoms with van der Waals surface area (Å²) in [5.41, 5.74) is 5.94. The first-order valence-electron chi connectivity index (χ1n) is 6.52. The third-order valence-electron chi connectivity index (χ3n) is 3.36. The number of rotatable bonds is 3. The molecule has 0 spiro atoms. The molecule has 19 heavy (non-hydrogen) atoms. The smallest absolute Gasteiger partial charge is 0.248 e. The van der Waals surface area contributed by atoms with Gasteiger partial charge in [0.15, 0.2) is 0 Å². The molecule has 104 valence electrons. The standard InChI is InChI=1S/C14H20FN3O/c1-9-6-18(7-10(2)17-9)8-12-4-3-11(14(16)19)5-13(12)15/h3-5,9-10,17H,6-8H2,1-2H3,(H2,16,19). The number of halogens is 1. The lowest BCUT2D eigenvalue weighted by molar-refractivity contribution is 0.1000. The highest BCUT2D eigenvalue weighted by molar-refractivity contribution is 5.92. The number of piperazine rings is 1. The van der Waals surface area contributed by atoms with Crippen LogP contribution in [0.3, 0.4) is 0 Å². The van der Waals surface area contributed by atoms with Gasteiger partial charge in [0, 0.05) is 42.8 Å². The number of carbonyl (C=O) groups excluding carboxylic acids is 1. The molecule has 4 nitrogen and oxygen atoms in total. The molecule has 0 aliphatic carbocycles. The van der Waals surface area contributed by atoms with E-state index in [2.05, 4.69) is 24.1 Å². The second kappa shape index (κ2) is 5.67. The fourth-order valence-corrected chi connectivity index (χ4v) is 2.64. The molecule has 1 fully saturated rings. The van der Waals surface area contributed by atoms with E-state index in [0.29, 0.717) is 24.2 Å². The van der Waals surface area contributed by atoms with E-state index in [-0.39, 0.29) is 11.4 Å². The molecule has 0 saturated carbocycles. The molecule has 1 amide bonds. The van der Waals surface area contributed by atoms with Crippen LogP contribution in [-0.4, -0.2) is 36.0 Å². The lowest BCUT2D eigenvalue weighted by atomic mass is 10.1. The summed E-state index contributed by atoms with van der Waals surface area (Å²) in [5.74, 6) is -0.968. The Balaban J connectivity index is 2.08. The van der Waals surface area contributed by atoms with E-state index in [0.717, 1.165) is 13.1 Å². The SMILES string of the molecule is CC1CN(Cc2ccc(C(N)=O)cc2F)CC(C)N1. The molecule has 0 radical (unpaired) electrons. The van der Waals surface area contributed by atoms with Gasteiger partial charge in [0.05, 0.1) is 0 Å². The van der Waals surface area contributed by atoms with Gasteiger partial charge in [0.25, 0.3) is 0 Å². The Morgan fingerprint density at radius 1 is 1.42 bits per heavy atom. The van der Waals surface area contributed by atoms with E-state index in [1.807, 2.05) is 0 Å². The van der Waals surface area contributed by atoms with Gasteiger partial charge in [-0.25, -0.2) is 4.39 Å². The molecule has 2 atom stereocenters. The average molecular weight is 265 g/mol. The molecule has 3 N–H and O–H groups in total. The quantitative estimate of drug-likeness (QED) is 0.860. The van der Waals surface area contributed by atoms with E-state index in [4.69, 9.17) is 5.73 Å². The summed E-state index contributed by atoms with van der Waals surface area (Å²) in [4.78, 5) is 13.2. The highest BCUT2D eigenvalue weighted by Crippen LogP contribution is 2.15. The fourth-order valence-electron chi connectivity index (χ4n) is 2.64. The van der Waals surface area contributed by atoms with Gasteiger partial charge in [-0.15, -0.1) is 0 Å². The van der Waals surface area contributed by atoms with Gasteiger partial charge in [-0.1, -0.05) is 6.07 Å². The zero-order valence-electron chi connectivity index (χ0n) is 11.3. The predicted molar refractivity (Wildman–Crippen MR) is 72.3 cm³/mol. The van der Waals surface area contributed by atoms with Crippen molar-refractivity contribution in [3.8, 4) is 0 Å². The van der Waals surface area contributed by atoms with Crippen LogP contribution in [0.4, 0.5) is 4.39 Å². The maximum atomic E-state index is 13.9. The molecule has 2 unspecified atom stereocenters. The number of carbonyl (C=O) groups is 1. The normalized spacial score (nSPS) is 24.4. The topological polar surface area (TPSA) is 58.4 Å². The minimum atomic E-state index is -0.602. The molecule has 1 aliphatic heterocycles. The van der Waals surface area contributed by atoms with Crippen molar-refractivity contribution in [1.82, 2.24) is 10.2 Å². The van der Waals surface area contributed by atoms with Gasteiger partial charge >= 0.3 is 0 Å². The van der Waals surface area contributed by atoms with Gasteiger partial charge < -0.3 is 11.1 Å². The van der Waals surface area contributed by atoms with E-state index in [1.54, 1.807) is 12.1 Å². The molecular formula is C14H20FN3O. The second-order valence-corrected chi connectivity index (χ2v) is 5.33. The Labute approximate surface area is 112 Å². The predicted octanol–water partition coefficient (Wildman–Crippen LogP) is 1.11. The molecule has 0 bridgehead atoms. The fraction of sp³-hybridized carbons (Fsp3) is 0.500. The van der Waals surface area contributed by atoms with E-state index >= 15 is 0 Å². The largest absolute Gasteiger partial charge is 0.366 e. The van der Waals surface area contributed by atoms with Gasteiger partial charge in [0.2, 0.25) is 5.91 Å². The molecule has 1 aliphatic rings. The van der Waals surface area contributed by atoms with Crippen molar-refractivity contribution in [3.05, 3.63) is 35.1 Å². The van der Waals surface area contributed by atoms with Crippen molar-refractivity contribution in [3.63, 3.8) is 0 Å². The Morgan fingerprint density at radius 3 is 2.58 bits per heavy atom. The second-order valence-electron chi connectivity index (χ2n) is 5.33. The van der Waals surface area contributed by atoms with E-state index in [9.17, 15) is 9.18 Å². The van der Waals surface area contributed by atoms with Crippen LogP contribution >= 0.6 is 0 Å². The lowest BCUT2D eigenvalue weighted by Crippen LogP contribution is -2.53. The summed E-state index contributed by atoms with van der Waals surface area (Å²) >= 11 is 0. The summed E-state index contributed by atoms with van der Waals surface area (Å²) in [5, 5.41) is 3.44. The maximum absolute atomic E-state index is 13.9. The van der Waals surface area contributed by atoms with Crippen molar-refractivity contribution < 1.29 is 9.18 Å². The first-order chi connectivity index (χ1) is 8.95. The molecule has 1 heterocycles. The minimum absolute atomic E-state index is 0.211. The van der Waals surface area contributed by atoms with Crippen LogP contribution in [0.2, 0.25) is 0 Å². The average Bonchev–Trinajstić information content (AvgIpc) is 2.30. The number of benzene rings is 1. The van der Waals surface area contributed by atoms with Gasteiger partial charge in [0.1, 0.15) is 5.82 Å². The van der Waals surface area contributed by atoms with Gasteiger partial charge in [-0.3, -0.25) is 9.69 Å². The van der Waals surface area contributed by atoms with Gasteiger partial charge in [-0.05, 0) is 26.0 Å². The van der Waals surface area contributed by atoms with Crippen LogP contribution < -0.4 is 11.1 Å². The minimum Gasteiger partial charge on any atom is -0.366 e. The number of primary amides is 1. The third kappa shape index (κ3) is 3.52. The Bertz CT molecular complexity index is 468. The van der Waals surface area contributed by atoms with Gasteiger partial charge in [-0.2, -0.15) is 0 Å².